The maximum Gasteiger partial charge on any atom is 0.319 e. The number of thiazole rings is 1. The van der Waals surface area contributed by atoms with Crippen molar-refractivity contribution >= 4 is 28.2 Å². The normalized spacial score (nSPS) is 10.2. The number of nitrogens with zero attached hydrogens (tertiary/aromatic N) is 1. The molecule has 0 atom stereocenters. The molecule has 0 spiro atoms. The first-order valence-electron chi connectivity index (χ1n) is 7.74. The van der Waals surface area contributed by atoms with Gasteiger partial charge in [-0.05, 0) is 18.6 Å². The second-order valence-electron chi connectivity index (χ2n) is 5.07. The van der Waals surface area contributed by atoms with Crippen LogP contribution in [0, 0.1) is 0 Å². The molecule has 8 heteroatoms. The second kappa shape index (κ2) is 8.97. The van der Waals surface area contributed by atoms with E-state index >= 15 is 0 Å². The van der Waals surface area contributed by atoms with Crippen molar-refractivity contribution in [3.05, 3.63) is 24.4 Å². The predicted octanol–water partition coefficient (Wildman–Crippen LogP) is 3.84. The number of anilines is 2. The van der Waals surface area contributed by atoms with Gasteiger partial charge >= 0.3 is 6.03 Å². The van der Waals surface area contributed by atoms with Gasteiger partial charge in [0.05, 0.1) is 13.3 Å². The number of nitrogens with one attached hydrogen (secondary N) is 2. The summed E-state index contributed by atoms with van der Waals surface area (Å²) < 4.78 is 11.0. The first-order valence-corrected chi connectivity index (χ1v) is 8.56. The van der Waals surface area contributed by atoms with Gasteiger partial charge in [0, 0.05) is 18.3 Å². The number of nitrogens with two attached hydrogens (primary N) is 1. The second-order valence-corrected chi connectivity index (χ2v) is 6.10. The Kier molecular flexibility index (Phi) is 6.68. The Labute approximate surface area is 145 Å². The van der Waals surface area contributed by atoms with Crippen LogP contribution >= 0.6 is 11.3 Å². The molecule has 7 nitrogen and oxygen atoms in total. The standard InChI is InChI=1S/C16H22N4O3S/c1-3-4-5-8-18-16(21)20-11-6-7-12(13(9-11)22-2)23-14-10-19-15(17)24-14/h6-7,9-10H,3-5,8H2,1-2H3,(H2,17,19)(H2,18,20,21). The molecule has 0 unspecified atom stereocenters. The highest BCUT2D eigenvalue weighted by Crippen LogP contribution is 2.36. The van der Waals surface area contributed by atoms with Crippen molar-refractivity contribution in [2.45, 2.75) is 26.2 Å². The van der Waals surface area contributed by atoms with Gasteiger partial charge in [-0.3, -0.25) is 0 Å². The van der Waals surface area contributed by atoms with Crippen molar-refractivity contribution in [3.8, 4) is 16.6 Å². The number of unbranched alkanes of at least 4 members (excludes halogenated alkanes) is 2. The molecular weight excluding hydrogens is 328 g/mol. The summed E-state index contributed by atoms with van der Waals surface area (Å²) in [4.78, 5) is 15.8. The highest BCUT2D eigenvalue weighted by molar-refractivity contribution is 7.17. The Hall–Kier alpha value is -2.48. The summed E-state index contributed by atoms with van der Waals surface area (Å²) >= 11 is 1.24. The van der Waals surface area contributed by atoms with Gasteiger partial charge < -0.3 is 25.8 Å². The van der Waals surface area contributed by atoms with Crippen LogP contribution in [0.1, 0.15) is 26.2 Å². The molecule has 2 rings (SSSR count). The number of ether oxygens (including phenoxy) is 2. The molecule has 0 aliphatic heterocycles. The van der Waals surface area contributed by atoms with Crippen LogP contribution in [0.25, 0.3) is 0 Å². The summed E-state index contributed by atoms with van der Waals surface area (Å²) in [7, 11) is 1.54. The number of hydrogen-bond donors (Lipinski definition) is 3. The molecular formula is C16H22N4O3S. The number of amides is 2. The minimum atomic E-state index is -0.239. The molecule has 2 amide bonds. The van der Waals surface area contributed by atoms with Gasteiger partial charge in [0.15, 0.2) is 16.6 Å². The SMILES string of the molecule is CCCCCNC(=O)Nc1ccc(Oc2cnc(N)s2)c(OC)c1. The highest BCUT2D eigenvalue weighted by atomic mass is 32.1. The summed E-state index contributed by atoms with van der Waals surface area (Å²) in [6, 6.07) is 4.93. The summed E-state index contributed by atoms with van der Waals surface area (Å²) in [5.41, 5.74) is 6.20. The van der Waals surface area contributed by atoms with E-state index in [0.29, 0.717) is 33.9 Å². The van der Waals surface area contributed by atoms with Crippen LogP contribution in [0.15, 0.2) is 24.4 Å². The van der Waals surface area contributed by atoms with Crippen LogP contribution in [0.4, 0.5) is 15.6 Å². The zero-order valence-corrected chi connectivity index (χ0v) is 14.6. The molecule has 0 aliphatic carbocycles. The molecule has 2 aromatic rings. The molecule has 4 N–H and O–H groups in total. The lowest BCUT2D eigenvalue weighted by atomic mass is 10.2. The number of carbonyl (C=O) groups excluding carboxylic acids is 1. The lowest BCUT2D eigenvalue weighted by Gasteiger charge is -2.12. The minimum Gasteiger partial charge on any atom is -0.493 e. The molecule has 0 bridgehead atoms. The van der Waals surface area contributed by atoms with Gasteiger partial charge in [-0.1, -0.05) is 31.1 Å². The lowest BCUT2D eigenvalue weighted by Crippen LogP contribution is -2.29. The van der Waals surface area contributed by atoms with E-state index in [1.165, 1.54) is 18.4 Å². The molecule has 1 aromatic carbocycles. The van der Waals surface area contributed by atoms with E-state index in [2.05, 4.69) is 22.5 Å². The summed E-state index contributed by atoms with van der Waals surface area (Å²) in [6.07, 6.45) is 4.74. The highest BCUT2D eigenvalue weighted by Gasteiger charge is 2.10. The Bertz CT molecular complexity index is 675. The topological polar surface area (TPSA) is 98.5 Å². The molecule has 0 aliphatic rings. The van der Waals surface area contributed by atoms with Gasteiger partial charge in [0.2, 0.25) is 5.06 Å². The summed E-state index contributed by atoms with van der Waals surface area (Å²) in [5, 5.41) is 6.59. The Balaban J connectivity index is 1.96. The zero-order chi connectivity index (χ0) is 17.4. The van der Waals surface area contributed by atoms with E-state index in [9.17, 15) is 4.79 Å². The Morgan fingerprint density at radius 3 is 2.83 bits per heavy atom. The van der Waals surface area contributed by atoms with E-state index < -0.39 is 0 Å². The van der Waals surface area contributed by atoms with E-state index in [0.717, 1.165) is 19.3 Å². The molecule has 1 aromatic heterocycles. The number of benzene rings is 1. The number of aromatic nitrogens is 1. The van der Waals surface area contributed by atoms with Gasteiger partial charge in [-0.2, -0.15) is 0 Å². The molecule has 0 saturated heterocycles. The maximum atomic E-state index is 11.8. The molecule has 1 heterocycles. The number of nitrogen functional groups attached to an aromatic ring is 1. The quantitative estimate of drug-likeness (QED) is 0.628. The monoisotopic (exact) mass is 350 g/mol. The number of hydrogen-bond acceptors (Lipinski definition) is 6. The van der Waals surface area contributed by atoms with Crippen molar-refractivity contribution in [2.24, 2.45) is 0 Å². The third-order valence-corrected chi connectivity index (χ3v) is 3.90. The maximum absolute atomic E-state index is 11.8. The fraction of sp³-hybridized carbons (Fsp3) is 0.375. The van der Waals surface area contributed by atoms with Crippen LogP contribution in [-0.2, 0) is 0 Å². The van der Waals surface area contributed by atoms with Crippen molar-refractivity contribution < 1.29 is 14.3 Å². The van der Waals surface area contributed by atoms with Crippen LogP contribution in [0.5, 0.6) is 16.6 Å². The molecule has 0 saturated carbocycles. The first-order chi connectivity index (χ1) is 11.6. The average Bonchev–Trinajstić information content (AvgIpc) is 2.98. The first kappa shape index (κ1) is 17.9. The van der Waals surface area contributed by atoms with E-state index in [1.54, 1.807) is 24.4 Å². The average molecular weight is 350 g/mol. The summed E-state index contributed by atoms with van der Waals surface area (Å²) in [5.74, 6) is 1.03. The van der Waals surface area contributed by atoms with Crippen molar-refractivity contribution in [3.63, 3.8) is 0 Å². The zero-order valence-electron chi connectivity index (χ0n) is 13.8. The van der Waals surface area contributed by atoms with Crippen LogP contribution < -0.4 is 25.8 Å². The van der Waals surface area contributed by atoms with Gasteiger partial charge in [-0.15, -0.1) is 0 Å². The van der Waals surface area contributed by atoms with E-state index in [-0.39, 0.29) is 6.03 Å². The van der Waals surface area contributed by atoms with E-state index in [4.69, 9.17) is 15.2 Å². The largest absolute Gasteiger partial charge is 0.493 e. The third kappa shape index (κ3) is 5.31. The van der Waals surface area contributed by atoms with Crippen LogP contribution in [0.2, 0.25) is 0 Å². The molecule has 130 valence electrons. The van der Waals surface area contributed by atoms with Crippen molar-refractivity contribution in [2.75, 3.05) is 24.7 Å². The predicted molar refractivity (Wildman–Crippen MR) is 96.1 cm³/mol. The number of carbonyl (C=O) groups is 1. The number of methoxy groups -OCH3 is 1. The Morgan fingerprint density at radius 2 is 2.17 bits per heavy atom. The Morgan fingerprint density at radius 1 is 1.33 bits per heavy atom. The molecule has 0 radical (unpaired) electrons. The molecule has 24 heavy (non-hydrogen) atoms. The lowest BCUT2D eigenvalue weighted by molar-refractivity contribution is 0.252. The van der Waals surface area contributed by atoms with Crippen LogP contribution in [-0.4, -0.2) is 24.7 Å². The van der Waals surface area contributed by atoms with Gasteiger partial charge in [-0.25, -0.2) is 9.78 Å². The van der Waals surface area contributed by atoms with Crippen LogP contribution in [0.3, 0.4) is 0 Å². The summed E-state index contributed by atoms with van der Waals surface area (Å²) in [6.45, 7) is 2.78. The van der Waals surface area contributed by atoms with Gasteiger partial charge in [0.1, 0.15) is 0 Å². The minimum absolute atomic E-state index is 0.239. The fourth-order valence-electron chi connectivity index (χ4n) is 2.01. The fourth-order valence-corrected chi connectivity index (χ4v) is 2.56. The number of urea groups is 1. The number of rotatable bonds is 8. The van der Waals surface area contributed by atoms with E-state index in [1.807, 2.05) is 0 Å². The smallest absolute Gasteiger partial charge is 0.319 e. The van der Waals surface area contributed by atoms with Gasteiger partial charge in [0.25, 0.3) is 0 Å². The van der Waals surface area contributed by atoms with Crippen molar-refractivity contribution in [1.82, 2.24) is 10.3 Å². The third-order valence-electron chi connectivity index (χ3n) is 3.20. The van der Waals surface area contributed by atoms with Crippen molar-refractivity contribution in [1.29, 1.82) is 0 Å². The molecule has 0 fully saturated rings.